The zero-order chi connectivity index (χ0) is 14.7. The van der Waals surface area contributed by atoms with Crippen molar-refractivity contribution in [1.29, 1.82) is 0 Å². The van der Waals surface area contributed by atoms with Crippen LogP contribution >= 0.6 is 11.6 Å². The molecule has 0 aliphatic carbocycles. The van der Waals surface area contributed by atoms with Gasteiger partial charge in [0.25, 0.3) is 0 Å². The van der Waals surface area contributed by atoms with E-state index in [0.29, 0.717) is 0 Å². The molecule has 6 heteroatoms. The fourth-order valence-corrected chi connectivity index (χ4v) is 2.86. The summed E-state index contributed by atoms with van der Waals surface area (Å²) in [6, 6.07) is 5.29. The number of hydrogen-bond donors (Lipinski definition) is 1. The second kappa shape index (κ2) is 6.56. The Morgan fingerprint density at radius 2 is 2.29 bits per heavy atom. The van der Waals surface area contributed by atoms with Crippen molar-refractivity contribution in [3.8, 4) is 0 Å². The number of hydrogen-bond acceptors (Lipinski definition) is 3. The third-order valence-electron chi connectivity index (χ3n) is 3.84. The Morgan fingerprint density at radius 1 is 1.38 bits per heavy atom. The molecule has 3 rings (SSSR count). The first-order valence-corrected chi connectivity index (χ1v) is 7.47. The molecule has 1 aromatic carbocycles. The SMILES string of the molecule is Fc1cc(C2CNCN2CCCn2ccnc2)ccc1Cl. The number of aryl methyl sites for hydroxylation is 1. The normalized spacial score (nSPS) is 19.2. The predicted molar refractivity (Wildman–Crippen MR) is 80.6 cm³/mol. The molecule has 0 radical (unpaired) electrons. The van der Waals surface area contributed by atoms with E-state index in [2.05, 4.69) is 19.8 Å². The van der Waals surface area contributed by atoms with Gasteiger partial charge in [-0.2, -0.15) is 0 Å². The number of nitrogens with zero attached hydrogens (tertiary/aromatic N) is 3. The van der Waals surface area contributed by atoms with E-state index in [4.69, 9.17) is 11.6 Å². The summed E-state index contributed by atoms with van der Waals surface area (Å²) < 4.78 is 15.7. The highest BCUT2D eigenvalue weighted by molar-refractivity contribution is 6.30. The fraction of sp³-hybridized carbons (Fsp3) is 0.400. The Hall–Kier alpha value is -1.43. The molecule has 1 fully saturated rings. The van der Waals surface area contributed by atoms with Crippen molar-refractivity contribution >= 4 is 11.6 Å². The summed E-state index contributed by atoms with van der Waals surface area (Å²) in [6.45, 7) is 3.57. The van der Waals surface area contributed by atoms with Crippen LogP contribution in [-0.4, -0.2) is 34.2 Å². The quantitative estimate of drug-likeness (QED) is 0.922. The van der Waals surface area contributed by atoms with Crippen molar-refractivity contribution in [2.24, 2.45) is 0 Å². The van der Waals surface area contributed by atoms with Crippen LogP contribution in [0.1, 0.15) is 18.0 Å². The smallest absolute Gasteiger partial charge is 0.142 e. The minimum atomic E-state index is -0.348. The Morgan fingerprint density at radius 3 is 3.05 bits per heavy atom. The van der Waals surface area contributed by atoms with Gasteiger partial charge in [-0.25, -0.2) is 9.37 Å². The molecule has 0 spiro atoms. The van der Waals surface area contributed by atoms with Gasteiger partial charge in [-0.1, -0.05) is 17.7 Å². The summed E-state index contributed by atoms with van der Waals surface area (Å²) in [5.74, 6) is -0.348. The Kier molecular flexibility index (Phi) is 4.53. The lowest BCUT2D eigenvalue weighted by Gasteiger charge is -2.23. The van der Waals surface area contributed by atoms with Crippen LogP contribution in [0.5, 0.6) is 0 Å². The third kappa shape index (κ3) is 3.43. The van der Waals surface area contributed by atoms with Crippen molar-refractivity contribution in [2.75, 3.05) is 19.8 Å². The van der Waals surface area contributed by atoms with E-state index in [-0.39, 0.29) is 16.9 Å². The van der Waals surface area contributed by atoms with Crippen molar-refractivity contribution in [2.45, 2.75) is 19.0 Å². The van der Waals surface area contributed by atoms with E-state index in [1.165, 1.54) is 0 Å². The van der Waals surface area contributed by atoms with Gasteiger partial charge in [0.15, 0.2) is 0 Å². The largest absolute Gasteiger partial charge is 0.337 e. The summed E-state index contributed by atoms with van der Waals surface area (Å²) in [4.78, 5) is 6.37. The number of halogens is 2. The van der Waals surface area contributed by atoms with E-state index in [0.717, 1.165) is 38.3 Å². The van der Waals surface area contributed by atoms with Crippen LogP contribution < -0.4 is 5.32 Å². The molecular formula is C15H18ClFN4. The second-order valence-electron chi connectivity index (χ2n) is 5.27. The molecule has 112 valence electrons. The molecule has 2 aromatic rings. The lowest BCUT2D eigenvalue weighted by Crippen LogP contribution is -2.27. The molecule has 0 amide bonds. The Balaban J connectivity index is 1.60. The van der Waals surface area contributed by atoms with Gasteiger partial charge < -0.3 is 9.88 Å². The first kappa shape index (κ1) is 14.5. The number of benzene rings is 1. The van der Waals surface area contributed by atoms with Crippen LogP contribution in [0, 0.1) is 5.82 Å². The molecule has 1 saturated heterocycles. The maximum Gasteiger partial charge on any atom is 0.142 e. The third-order valence-corrected chi connectivity index (χ3v) is 4.15. The summed E-state index contributed by atoms with van der Waals surface area (Å²) in [6.07, 6.45) is 6.61. The maximum absolute atomic E-state index is 13.6. The predicted octanol–water partition coefficient (Wildman–Crippen LogP) is 2.67. The summed E-state index contributed by atoms with van der Waals surface area (Å²) in [7, 11) is 0. The fourth-order valence-electron chi connectivity index (χ4n) is 2.74. The molecule has 1 aliphatic heterocycles. The van der Waals surface area contributed by atoms with Crippen LogP contribution in [-0.2, 0) is 6.54 Å². The van der Waals surface area contributed by atoms with E-state index in [1.54, 1.807) is 18.3 Å². The number of imidazole rings is 1. The van der Waals surface area contributed by atoms with Crippen LogP contribution in [0.15, 0.2) is 36.9 Å². The number of nitrogens with one attached hydrogen (secondary N) is 1. The molecule has 1 unspecified atom stereocenters. The lowest BCUT2D eigenvalue weighted by atomic mass is 10.1. The van der Waals surface area contributed by atoms with E-state index >= 15 is 0 Å². The second-order valence-corrected chi connectivity index (χ2v) is 5.68. The van der Waals surface area contributed by atoms with Gasteiger partial charge in [-0.15, -0.1) is 0 Å². The van der Waals surface area contributed by atoms with Gasteiger partial charge in [0.1, 0.15) is 5.82 Å². The molecule has 21 heavy (non-hydrogen) atoms. The van der Waals surface area contributed by atoms with Crippen LogP contribution in [0.25, 0.3) is 0 Å². The van der Waals surface area contributed by atoms with Gasteiger partial charge in [0, 0.05) is 44.7 Å². The number of rotatable bonds is 5. The van der Waals surface area contributed by atoms with E-state index in [9.17, 15) is 4.39 Å². The van der Waals surface area contributed by atoms with Gasteiger partial charge in [-0.05, 0) is 24.1 Å². The lowest BCUT2D eigenvalue weighted by molar-refractivity contribution is 0.252. The molecule has 4 nitrogen and oxygen atoms in total. The first-order valence-electron chi connectivity index (χ1n) is 7.09. The average Bonchev–Trinajstić information content (AvgIpc) is 3.13. The minimum absolute atomic E-state index is 0.177. The summed E-state index contributed by atoms with van der Waals surface area (Å²) in [5, 5.41) is 3.53. The van der Waals surface area contributed by atoms with Crippen LogP contribution in [0.3, 0.4) is 0 Å². The maximum atomic E-state index is 13.6. The van der Waals surface area contributed by atoms with Crippen molar-refractivity contribution in [3.05, 3.63) is 53.3 Å². The van der Waals surface area contributed by atoms with E-state index in [1.807, 2.05) is 18.6 Å². The zero-order valence-electron chi connectivity index (χ0n) is 11.7. The summed E-state index contributed by atoms with van der Waals surface area (Å²) in [5.41, 5.74) is 0.976. The molecule has 2 heterocycles. The molecule has 0 saturated carbocycles. The monoisotopic (exact) mass is 308 g/mol. The summed E-state index contributed by atoms with van der Waals surface area (Å²) >= 11 is 5.75. The minimum Gasteiger partial charge on any atom is -0.337 e. The highest BCUT2D eigenvalue weighted by Crippen LogP contribution is 2.26. The molecule has 1 aliphatic rings. The van der Waals surface area contributed by atoms with Crippen molar-refractivity contribution in [1.82, 2.24) is 19.8 Å². The highest BCUT2D eigenvalue weighted by atomic mass is 35.5. The zero-order valence-corrected chi connectivity index (χ0v) is 12.4. The first-order chi connectivity index (χ1) is 10.2. The average molecular weight is 309 g/mol. The highest BCUT2D eigenvalue weighted by Gasteiger charge is 2.25. The topological polar surface area (TPSA) is 33.1 Å². The van der Waals surface area contributed by atoms with Gasteiger partial charge in [-0.3, -0.25) is 4.90 Å². The van der Waals surface area contributed by atoms with Gasteiger partial charge in [0.2, 0.25) is 0 Å². The standard InChI is InChI=1S/C15H18ClFN4/c16-13-3-2-12(8-14(13)17)15-9-19-11-21(15)6-1-5-20-7-4-18-10-20/h2-4,7-8,10,15,19H,1,5-6,9,11H2. The molecule has 1 N–H and O–H groups in total. The molecular weight excluding hydrogens is 291 g/mol. The van der Waals surface area contributed by atoms with Crippen molar-refractivity contribution in [3.63, 3.8) is 0 Å². The number of aromatic nitrogens is 2. The molecule has 1 aromatic heterocycles. The van der Waals surface area contributed by atoms with Crippen LogP contribution in [0.2, 0.25) is 5.02 Å². The Labute approximate surface area is 128 Å². The van der Waals surface area contributed by atoms with Crippen molar-refractivity contribution < 1.29 is 4.39 Å². The van der Waals surface area contributed by atoms with Gasteiger partial charge in [0.05, 0.1) is 11.3 Å². The molecule has 0 bridgehead atoms. The molecule has 1 atom stereocenters. The van der Waals surface area contributed by atoms with E-state index < -0.39 is 0 Å². The van der Waals surface area contributed by atoms with Gasteiger partial charge >= 0.3 is 0 Å². The van der Waals surface area contributed by atoms with Crippen LogP contribution in [0.4, 0.5) is 4.39 Å². The Bertz CT molecular complexity index is 587.